The monoisotopic (exact) mass is 209 g/mol. The third-order valence-corrected chi connectivity index (χ3v) is 0. The minimum absolute atomic E-state index is 0.917. The molecule has 0 aliphatic rings. The zero-order valence-corrected chi connectivity index (χ0v) is 8.56. The summed E-state index contributed by atoms with van der Waals surface area (Å²) < 4.78 is 7.94. The third-order valence-electron chi connectivity index (χ3n) is 0. The Kier molecular flexibility index (Phi) is 42.6. The molecular formula is C5H11ClCoOSi-2. The quantitative estimate of drug-likeness (QED) is 0.338. The molecule has 0 amide bonds. The van der Waals surface area contributed by atoms with Gasteiger partial charge < -0.3 is 12.6 Å². The Bertz CT molecular complexity index is 49.5. The molecule has 0 bridgehead atoms. The van der Waals surface area contributed by atoms with Gasteiger partial charge in [0, 0.05) is 0 Å². The van der Waals surface area contributed by atoms with Crippen molar-refractivity contribution in [1.82, 2.24) is 0 Å². The summed E-state index contributed by atoms with van der Waals surface area (Å²) in [4.78, 5) is 0. The van der Waals surface area contributed by atoms with Crippen molar-refractivity contribution in [3.63, 3.8) is 0 Å². The van der Waals surface area contributed by atoms with Gasteiger partial charge in [-0.05, 0) is 8.11 Å². The van der Waals surface area contributed by atoms with Gasteiger partial charge in [0.15, 0.2) is 0 Å². The zero-order chi connectivity index (χ0) is 8.28. The van der Waals surface area contributed by atoms with Gasteiger partial charge in [0.25, 0.3) is 0 Å². The molecule has 0 saturated carbocycles. The topological polar surface area (TPSA) is 17.1 Å². The van der Waals surface area contributed by atoms with Gasteiger partial charge in [0.2, 0.25) is 0 Å². The molecule has 0 heterocycles. The van der Waals surface area contributed by atoms with Crippen LogP contribution in [0.5, 0.6) is 0 Å². The second-order valence-corrected chi connectivity index (χ2v) is 4.93. The fourth-order valence-corrected chi connectivity index (χ4v) is 0. The molecule has 0 aromatic carbocycles. The maximum atomic E-state index is 7.94. The fraction of sp³-hybridized carbons (Fsp3) is 0.400. The van der Waals surface area contributed by atoms with Crippen LogP contribution < -0.4 is 0 Å². The summed E-state index contributed by atoms with van der Waals surface area (Å²) in [5.74, 6) is 0. The number of hydrogen-bond donors (Lipinski definition) is 0. The first-order valence-corrected chi connectivity index (χ1v) is 6.34. The normalized spacial score (nSPS) is 9.00. The molecule has 0 N–H and O–H groups in total. The van der Waals surface area contributed by atoms with E-state index in [2.05, 4.69) is 34.9 Å². The molecule has 0 spiro atoms. The van der Waals surface area contributed by atoms with Crippen LogP contribution in [-0.2, 0) is 19.5 Å². The summed E-state index contributed by atoms with van der Waals surface area (Å²) in [5, 5.41) is 0. The first kappa shape index (κ1) is 16.3. The van der Waals surface area contributed by atoms with Crippen molar-refractivity contribution in [3.8, 4) is 0 Å². The van der Waals surface area contributed by atoms with E-state index in [1.54, 1.807) is 6.92 Å². The number of rotatable bonds is 0. The average molecular weight is 210 g/mol. The third kappa shape index (κ3) is 1200. The molecule has 0 saturated heterocycles. The van der Waals surface area contributed by atoms with Crippen molar-refractivity contribution in [2.75, 3.05) is 0 Å². The van der Waals surface area contributed by atoms with Crippen LogP contribution >= 0.6 is 11.1 Å². The van der Waals surface area contributed by atoms with Crippen LogP contribution in [0, 0.1) is 12.6 Å². The Labute approximate surface area is 71.6 Å². The summed E-state index contributed by atoms with van der Waals surface area (Å²) in [6.45, 7) is 10.5. The molecule has 1 nitrogen and oxygen atoms in total. The Morgan fingerprint density at radius 2 is 1.78 bits per heavy atom. The van der Waals surface area contributed by atoms with E-state index in [9.17, 15) is 0 Å². The average Bonchev–Trinajstić information content (AvgIpc) is 1.71. The zero-order valence-electron chi connectivity index (χ0n) is 5.61. The summed E-state index contributed by atoms with van der Waals surface area (Å²) >= 11 is 7.61. The Morgan fingerprint density at radius 3 is 1.78 bits per heavy atom. The van der Waals surface area contributed by atoms with Crippen LogP contribution in [0.25, 0.3) is 0 Å². The molecule has 0 radical (unpaired) electrons. The fourth-order valence-electron chi connectivity index (χ4n) is 0. The van der Waals surface area contributed by atoms with E-state index in [1.165, 1.54) is 0 Å². The van der Waals surface area contributed by atoms with Crippen molar-refractivity contribution in [3.05, 3.63) is 19.2 Å². The SMILES string of the molecule is C=[C-]C.[CH2-][SiH](C)Cl.[O]=[Co]. The molecule has 59 valence electrons. The van der Waals surface area contributed by atoms with Crippen LogP contribution in [-0.4, -0.2) is 8.11 Å². The second-order valence-electron chi connectivity index (χ2n) is 1.13. The molecule has 0 aromatic heterocycles. The summed E-state index contributed by atoms with van der Waals surface area (Å²) in [6, 6.07) is 0. The molecule has 0 aromatic rings. The van der Waals surface area contributed by atoms with Gasteiger partial charge in [0.1, 0.15) is 0 Å². The first-order valence-electron chi connectivity index (χ1n) is 2.19. The van der Waals surface area contributed by atoms with Gasteiger partial charge in [-0.25, -0.2) is 11.1 Å². The molecule has 1 unspecified atom stereocenters. The molecule has 0 aliphatic carbocycles. The molecule has 0 rings (SSSR count). The summed E-state index contributed by atoms with van der Waals surface area (Å²) in [6.07, 6.45) is 2.50. The van der Waals surface area contributed by atoms with Gasteiger partial charge in [-0.15, -0.1) is 0 Å². The van der Waals surface area contributed by atoms with E-state index in [0.717, 1.165) is 0 Å². The van der Waals surface area contributed by atoms with Crippen molar-refractivity contribution >= 4 is 19.2 Å². The van der Waals surface area contributed by atoms with Crippen LogP contribution in [0.3, 0.4) is 0 Å². The summed E-state index contributed by atoms with van der Waals surface area (Å²) in [7, 11) is -0.917. The van der Waals surface area contributed by atoms with E-state index < -0.39 is 8.11 Å². The molecule has 0 fully saturated rings. The van der Waals surface area contributed by atoms with Crippen LogP contribution in [0.1, 0.15) is 6.92 Å². The van der Waals surface area contributed by atoms with Gasteiger partial charge >= 0.3 is 19.5 Å². The van der Waals surface area contributed by atoms with Crippen LogP contribution in [0.2, 0.25) is 6.55 Å². The van der Waals surface area contributed by atoms with Crippen LogP contribution in [0.15, 0.2) is 6.58 Å². The predicted octanol–water partition coefficient (Wildman–Crippen LogP) is 1.83. The molecule has 9 heavy (non-hydrogen) atoms. The van der Waals surface area contributed by atoms with E-state index in [-0.39, 0.29) is 0 Å². The number of allylic oxidation sites excluding steroid dienone is 1. The van der Waals surface area contributed by atoms with Gasteiger partial charge in [-0.1, -0.05) is 6.55 Å². The minimum atomic E-state index is -0.917. The van der Waals surface area contributed by atoms with Crippen molar-refractivity contribution in [2.24, 2.45) is 0 Å². The Balaban J connectivity index is -0.0000000646. The van der Waals surface area contributed by atoms with Gasteiger partial charge in [-0.2, -0.15) is 6.92 Å². The molecule has 1 atom stereocenters. The maximum absolute atomic E-state index is 7.94. The first-order chi connectivity index (χ1) is 4.15. The van der Waals surface area contributed by atoms with Crippen molar-refractivity contribution in [1.29, 1.82) is 0 Å². The van der Waals surface area contributed by atoms with E-state index in [4.69, 9.17) is 14.9 Å². The van der Waals surface area contributed by atoms with Crippen molar-refractivity contribution < 1.29 is 19.5 Å². The Hall–Kier alpha value is 0.553. The van der Waals surface area contributed by atoms with E-state index in [0.29, 0.717) is 0 Å². The van der Waals surface area contributed by atoms with Gasteiger partial charge in [-0.3, -0.25) is 6.58 Å². The van der Waals surface area contributed by atoms with Crippen LogP contribution in [0.4, 0.5) is 0 Å². The number of halogens is 1. The standard InChI is InChI=1S/C3H5.C2H6ClSi.Co.O/c1-3-2;1-4(2)3;;/h1H2,2H3;4H,1H2,2H3;;/q2*-1;;. The van der Waals surface area contributed by atoms with Crippen molar-refractivity contribution in [2.45, 2.75) is 13.5 Å². The van der Waals surface area contributed by atoms with E-state index >= 15 is 0 Å². The second kappa shape index (κ2) is 23.5. The van der Waals surface area contributed by atoms with Gasteiger partial charge in [0.05, 0.1) is 0 Å². The van der Waals surface area contributed by atoms with E-state index in [1.807, 2.05) is 6.55 Å². The molecular weight excluding hydrogens is 199 g/mol. The predicted molar refractivity (Wildman–Crippen MR) is 39.5 cm³/mol. The molecule has 4 heteroatoms. The molecule has 0 aliphatic heterocycles. The Morgan fingerprint density at radius 1 is 1.78 bits per heavy atom. The number of hydrogen-bond acceptors (Lipinski definition) is 1. The summed E-state index contributed by atoms with van der Waals surface area (Å²) in [5.41, 5.74) is 0.